The molecule has 0 aliphatic carbocycles. The molecule has 0 amide bonds. The molecule has 2 aromatic rings. The lowest BCUT2D eigenvalue weighted by Gasteiger charge is -2.35. The molecule has 0 aromatic heterocycles. The molecule has 0 radical (unpaired) electrons. The molecule has 1 heterocycles. The van der Waals surface area contributed by atoms with Gasteiger partial charge in [0.1, 0.15) is 24.2 Å². The Morgan fingerprint density at radius 3 is 2.56 bits per heavy atom. The molecular weight excluding hydrogens is 312 g/mol. The van der Waals surface area contributed by atoms with Crippen LogP contribution < -0.4 is 20.1 Å². The number of hydrogen-bond donors (Lipinski definition) is 1. The van der Waals surface area contributed by atoms with Gasteiger partial charge in [0.15, 0.2) is 0 Å². The van der Waals surface area contributed by atoms with E-state index in [-0.39, 0.29) is 11.5 Å². The normalized spacial score (nSPS) is 17.0. The molecule has 0 saturated carbocycles. The summed E-state index contributed by atoms with van der Waals surface area (Å²) in [6, 6.07) is 14.2. The van der Waals surface area contributed by atoms with Crippen LogP contribution in [0, 0.1) is 0 Å². The van der Waals surface area contributed by atoms with E-state index in [0.717, 1.165) is 36.0 Å². The quantitative estimate of drug-likeness (QED) is 0.846. The van der Waals surface area contributed by atoms with Gasteiger partial charge in [0.2, 0.25) is 0 Å². The van der Waals surface area contributed by atoms with E-state index in [1.807, 2.05) is 18.2 Å². The van der Waals surface area contributed by atoms with Gasteiger partial charge in [-0.25, -0.2) is 0 Å². The summed E-state index contributed by atoms with van der Waals surface area (Å²) in [5, 5.41) is 0. The van der Waals surface area contributed by atoms with Crippen LogP contribution in [-0.4, -0.2) is 25.8 Å². The first-order valence-electron chi connectivity index (χ1n) is 8.87. The summed E-state index contributed by atoms with van der Waals surface area (Å²) in [6.45, 7) is 11.0. The highest BCUT2D eigenvalue weighted by atomic mass is 16.5. The number of ether oxygens (including phenoxy) is 2. The summed E-state index contributed by atoms with van der Waals surface area (Å²) < 4.78 is 11.8. The Morgan fingerprint density at radius 2 is 1.88 bits per heavy atom. The second kappa shape index (κ2) is 6.87. The van der Waals surface area contributed by atoms with Crippen LogP contribution in [0.15, 0.2) is 42.5 Å². The second-order valence-electron chi connectivity index (χ2n) is 7.72. The molecule has 134 valence electrons. The van der Waals surface area contributed by atoms with E-state index in [4.69, 9.17) is 15.2 Å². The largest absolute Gasteiger partial charge is 0.492 e. The number of nitrogen functional groups attached to an aromatic ring is 1. The number of rotatable bonds is 4. The van der Waals surface area contributed by atoms with Crippen molar-refractivity contribution in [1.82, 2.24) is 0 Å². The minimum absolute atomic E-state index is 0.155. The van der Waals surface area contributed by atoms with E-state index in [1.54, 1.807) is 0 Å². The van der Waals surface area contributed by atoms with Gasteiger partial charge in [0, 0.05) is 5.69 Å². The number of anilines is 2. The Kier molecular flexibility index (Phi) is 4.80. The highest BCUT2D eigenvalue weighted by molar-refractivity contribution is 5.66. The number of fused-ring (bicyclic) bond motifs is 1. The Balaban J connectivity index is 1.62. The fourth-order valence-electron chi connectivity index (χ4n) is 3.08. The van der Waals surface area contributed by atoms with Crippen LogP contribution in [-0.2, 0) is 5.41 Å². The lowest BCUT2D eigenvalue weighted by Crippen LogP contribution is -2.40. The van der Waals surface area contributed by atoms with Crippen LogP contribution >= 0.6 is 0 Å². The van der Waals surface area contributed by atoms with E-state index >= 15 is 0 Å². The highest BCUT2D eigenvalue weighted by Gasteiger charge is 2.23. The van der Waals surface area contributed by atoms with E-state index in [2.05, 4.69) is 56.9 Å². The molecule has 0 fully saturated rings. The van der Waals surface area contributed by atoms with Gasteiger partial charge in [-0.15, -0.1) is 0 Å². The third-order valence-electron chi connectivity index (χ3n) is 4.48. The maximum atomic E-state index is 5.94. The van der Waals surface area contributed by atoms with E-state index in [9.17, 15) is 0 Å². The molecule has 0 saturated heterocycles. The van der Waals surface area contributed by atoms with Crippen molar-refractivity contribution in [3.8, 4) is 11.5 Å². The smallest absolute Gasteiger partial charge is 0.143 e. The average Bonchev–Trinajstić information content (AvgIpc) is 2.55. The molecule has 25 heavy (non-hydrogen) atoms. The average molecular weight is 340 g/mol. The molecule has 0 spiro atoms. The monoisotopic (exact) mass is 340 g/mol. The van der Waals surface area contributed by atoms with Crippen LogP contribution in [0.3, 0.4) is 0 Å². The van der Waals surface area contributed by atoms with Gasteiger partial charge < -0.3 is 20.1 Å². The lowest BCUT2D eigenvalue weighted by molar-refractivity contribution is 0.208. The minimum atomic E-state index is 0.155. The maximum absolute atomic E-state index is 5.94. The zero-order chi connectivity index (χ0) is 18.0. The fraction of sp³-hybridized carbons (Fsp3) is 0.429. The van der Waals surface area contributed by atoms with Gasteiger partial charge in [0.25, 0.3) is 0 Å². The summed E-state index contributed by atoms with van der Waals surface area (Å²) in [7, 11) is 0. The molecule has 1 atom stereocenters. The third kappa shape index (κ3) is 4.19. The summed E-state index contributed by atoms with van der Waals surface area (Å²) in [6.07, 6.45) is 0.155. The third-order valence-corrected chi connectivity index (χ3v) is 4.48. The van der Waals surface area contributed by atoms with Crippen molar-refractivity contribution in [2.75, 3.05) is 30.3 Å². The fourth-order valence-corrected chi connectivity index (χ4v) is 3.08. The topological polar surface area (TPSA) is 47.7 Å². The van der Waals surface area contributed by atoms with Gasteiger partial charge in [-0.05, 0) is 48.2 Å². The molecule has 2 N–H and O–H groups in total. The van der Waals surface area contributed by atoms with Gasteiger partial charge in [-0.1, -0.05) is 32.9 Å². The summed E-state index contributed by atoms with van der Waals surface area (Å²) in [4.78, 5) is 2.28. The van der Waals surface area contributed by atoms with Crippen LogP contribution in [0.5, 0.6) is 11.5 Å². The van der Waals surface area contributed by atoms with Crippen molar-refractivity contribution < 1.29 is 9.47 Å². The zero-order valence-corrected chi connectivity index (χ0v) is 15.6. The Hall–Kier alpha value is -2.36. The molecule has 3 rings (SSSR count). The van der Waals surface area contributed by atoms with Crippen molar-refractivity contribution in [3.63, 3.8) is 0 Å². The van der Waals surface area contributed by atoms with Gasteiger partial charge in [-0.3, -0.25) is 0 Å². The van der Waals surface area contributed by atoms with Crippen molar-refractivity contribution in [2.24, 2.45) is 0 Å². The minimum Gasteiger partial charge on any atom is -0.492 e. The van der Waals surface area contributed by atoms with Crippen molar-refractivity contribution in [1.29, 1.82) is 0 Å². The molecule has 0 bridgehead atoms. The molecule has 1 unspecified atom stereocenters. The molecular formula is C21H28N2O2. The van der Waals surface area contributed by atoms with Crippen LogP contribution in [0.25, 0.3) is 0 Å². The Bertz CT molecular complexity index is 720. The number of benzene rings is 2. The molecule has 4 nitrogen and oxygen atoms in total. The van der Waals surface area contributed by atoms with Gasteiger partial charge in [0.05, 0.1) is 18.8 Å². The zero-order valence-electron chi connectivity index (χ0n) is 15.6. The van der Waals surface area contributed by atoms with Crippen LogP contribution in [0.4, 0.5) is 11.4 Å². The van der Waals surface area contributed by atoms with Crippen molar-refractivity contribution in [2.45, 2.75) is 39.2 Å². The van der Waals surface area contributed by atoms with E-state index in [0.29, 0.717) is 6.61 Å². The molecule has 4 heteroatoms. The standard InChI is InChI=1S/C21H28N2O2/c1-15-14-23(19-13-17(22)7-10-20(19)25-15)11-12-24-18-8-5-16(6-9-18)21(2,3)4/h5-10,13,15H,11-12,14,22H2,1-4H3. The predicted molar refractivity (Wildman–Crippen MR) is 104 cm³/mol. The van der Waals surface area contributed by atoms with E-state index in [1.165, 1.54) is 5.56 Å². The van der Waals surface area contributed by atoms with Gasteiger partial charge in [-0.2, -0.15) is 0 Å². The first-order valence-corrected chi connectivity index (χ1v) is 8.87. The molecule has 1 aliphatic heterocycles. The maximum Gasteiger partial charge on any atom is 0.143 e. The van der Waals surface area contributed by atoms with Crippen LogP contribution in [0.1, 0.15) is 33.3 Å². The Morgan fingerprint density at radius 1 is 1.16 bits per heavy atom. The predicted octanol–water partition coefficient (Wildman–Crippen LogP) is 4.23. The first-order chi connectivity index (χ1) is 11.8. The van der Waals surface area contributed by atoms with Crippen LogP contribution in [0.2, 0.25) is 0 Å². The molecule has 1 aliphatic rings. The van der Waals surface area contributed by atoms with Crippen molar-refractivity contribution >= 4 is 11.4 Å². The summed E-state index contributed by atoms with van der Waals surface area (Å²) in [5.41, 5.74) is 9.20. The van der Waals surface area contributed by atoms with Gasteiger partial charge >= 0.3 is 0 Å². The summed E-state index contributed by atoms with van der Waals surface area (Å²) in [5.74, 6) is 1.80. The SMILES string of the molecule is CC1CN(CCOc2ccc(C(C)(C)C)cc2)c2cc(N)ccc2O1. The van der Waals surface area contributed by atoms with Crippen molar-refractivity contribution in [3.05, 3.63) is 48.0 Å². The highest BCUT2D eigenvalue weighted by Crippen LogP contribution is 2.34. The number of nitrogens with two attached hydrogens (primary N) is 1. The summed E-state index contributed by atoms with van der Waals surface area (Å²) >= 11 is 0. The second-order valence-corrected chi connectivity index (χ2v) is 7.72. The first kappa shape index (κ1) is 17.5. The Labute approximate surface area is 150 Å². The molecule has 2 aromatic carbocycles. The number of hydrogen-bond acceptors (Lipinski definition) is 4. The van der Waals surface area contributed by atoms with E-state index < -0.39 is 0 Å². The lowest BCUT2D eigenvalue weighted by atomic mass is 9.87. The number of nitrogens with zero attached hydrogens (tertiary/aromatic N) is 1.